The van der Waals surface area contributed by atoms with Crippen LogP contribution >= 0.6 is 11.8 Å². The summed E-state index contributed by atoms with van der Waals surface area (Å²) < 4.78 is 0. The number of hydrogen-bond acceptors (Lipinski definition) is 5. The van der Waals surface area contributed by atoms with Gasteiger partial charge in [-0.1, -0.05) is 37.6 Å². The van der Waals surface area contributed by atoms with E-state index < -0.39 is 5.25 Å². The van der Waals surface area contributed by atoms with Crippen LogP contribution in [0, 0.1) is 0 Å². The normalized spacial score (nSPS) is 14.2. The number of amidine groups is 1. The van der Waals surface area contributed by atoms with Crippen LogP contribution < -0.4 is 15.6 Å². The molecule has 0 spiro atoms. The van der Waals surface area contributed by atoms with E-state index in [-0.39, 0.29) is 24.1 Å². The van der Waals surface area contributed by atoms with Crippen molar-refractivity contribution >= 4 is 46.7 Å². The molecule has 0 radical (unpaired) electrons. The van der Waals surface area contributed by atoms with Gasteiger partial charge in [0.2, 0.25) is 11.8 Å². The first kappa shape index (κ1) is 22.6. The third kappa shape index (κ3) is 6.42. The van der Waals surface area contributed by atoms with Crippen molar-refractivity contribution in [2.24, 2.45) is 5.10 Å². The van der Waals surface area contributed by atoms with Gasteiger partial charge in [0.1, 0.15) is 5.84 Å². The van der Waals surface area contributed by atoms with Crippen molar-refractivity contribution in [2.75, 3.05) is 10.3 Å². The van der Waals surface area contributed by atoms with Crippen LogP contribution in [-0.2, 0) is 14.4 Å². The Balaban J connectivity index is 1.57. The number of rotatable bonds is 8. The number of hydrazone groups is 1. The molecule has 3 rings (SSSR count). The minimum atomic E-state index is -0.408. The van der Waals surface area contributed by atoms with Crippen molar-refractivity contribution in [1.82, 2.24) is 5.32 Å². The molecule has 1 atom stereocenters. The minimum Gasteiger partial charge on any atom is -0.326 e. The van der Waals surface area contributed by atoms with Crippen molar-refractivity contribution < 1.29 is 14.4 Å². The summed E-state index contributed by atoms with van der Waals surface area (Å²) in [5.74, 6) is -0.0953. The zero-order valence-electron chi connectivity index (χ0n) is 17.6. The number of anilines is 2. The number of nitrogens with zero attached hydrogens (tertiary/aromatic N) is 2. The second-order valence-electron chi connectivity index (χ2n) is 7.19. The highest BCUT2D eigenvalue weighted by Gasteiger charge is 2.27. The lowest BCUT2D eigenvalue weighted by Gasteiger charge is -2.13. The molecule has 1 aliphatic rings. The first-order chi connectivity index (χ1) is 15.0. The molecule has 3 amide bonds. The number of para-hydroxylation sites is 1. The summed E-state index contributed by atoms with van der Waals surface area (Å²) in [5.41, 5.74) is 1.37. The number of amides is 3. The van der Waals surface area contributed by atoms with E-state index in [1.54, 1.807) is 19.1 Å². The van der Waals surface area contributed by atoms with E-state index in [4.69, 9.17) is 0 Å². The summed E-state index contributed by atoms with van der Waals surface area (Å²) in [6.45, 7) is 3.84. The molecule has 1 heterocycles. The van der Waals surface area contributed by atoms with Crippen LogP contribution in [0.25, 0.3) is 0 Å². The molecule has 0 fully saturated rings. The highest BCUT2D eigenvalue weighted by atomic mass is 32.2. The van der Waals surface area contributed by atoms with Crippen LogP contribution in [0.3, 0.4) is 0 Å². The number of hydrogen-bond donors (Lipinski definition) is 2. The van der Waals surface area contributed by atoms with Crippen molar-refractivity contribution in [2.45, 2.75) is 49.7 Å². The summed E-state index contributed by atoms with van der Waals surface area (Å²) in [6, 6.07) is 16.5. The summed E-state index contributed by atoms with van der Waals surface area (Å²) in [6.07, 6.45) is 2.37. The lowest BCUT2D eigenvalue weighted by molar-refractivity contribution is -0.119. The fraction of sp³-hybridized carbons (Fsp3) is 0.304. The molecule has 0 bridgehead atoms. The molecule has 1 aliphatic heterocycles. The van der Waals surface area contributed by atoms with Gasteiger partial charge in [0.15, 0.2) is 0 Å². The number of nitrogens with one attached hydrogen (secondary N) is 2. The van der Waals surface area contributed by atoms with Crippen molar-refractivity contribution in [3.8, 4) is 0 Å². The number of thioether (sulfide) groups is 1. The predicted molar refractivity (Wildman–Crippen MR) is 124 cm³/mol. The monoisotopic (exact) mass is 438 g/mol. The van der Waals surface area contributed by atoms with Gasteiger partial charge in [0, 0.05) is 17.0 Å². The van der Waals surface area contributed by atoms with Crippen LogP contribution in [0.5, 0.6) is 0 Å². The van der Waals surface area contributed by atoms with Crippen molar-refractivity contribution in [1.29, 1.82) is 0 Å². The maximum Gasteiger partial charge on any atom is 0.255 e. The van der Waals surface area contributed by atoms with E-state index in [0.29, 0.717) is 23.6 Å². The van der Waals surface area contributed by atoms with Gasteiger partial charge >= 0.3 is 0 Å². The molecule has 2 aromatic carbocycles. The second-order valence-corrected chi connectivity index (χ2v) is 8.61. The van der Waals surface area contributed by atoms with Crippen LogP contribution in [0.1, 0.15) is 39.5 Å². The highest BCUT2D eigenvalue weighted by molar-refractivity contribution is 8.00. The van der Waals surface area contributed by atoms with Crippen LogP contribution in [0.15, 0.2) is 64.6 Å². The lowest BCUT2D eigenvalue weighted by atomic mass is 10.2. The number of benzene rings is 2. The topological polar surface area (TPSA) is 90.9 Å². The molecular weight excluding hydrogens is 412 g/mol. The smallest absolute Gasteiger partial charge is 0.255 e. The first-order valence-electron chi connectivity index (χ1n) is 10.3. The Labute approximate surface area is 186 Å². The standard InChI is InChI=1S/C23H26N4O3S/c1-3-4-13-21(28)24-17-9-8-12-19(14-17)31-16(2)23(30)25-20-15-22(29)27(26-20)18-10-6-5-7-11-18/h5-12,14,16H,3-4,13,15H2,1-2H3,(H,24,28)(H,25,26,30). The minimum absolute atomic E-state index is 0.0123. The maximum absolute atomic E-state index is 12.6. The molecule has 8 heteroatoms. The second kappa shape index (κ2) is 10.8. The fourth-order valence-electron chi connectivity index (χ4n) is 2.98. The maximum atomic E-state index is 12.6. The third-order valence-electron chi connectivity index (χ3n) is 4.60. The van der Waals surface area contributed by atoms with E-state index >= 15 is 0 Å². The quantitative estimate of drug-likeness (QED) is 0.606. The summed E-state index contributed by atoms with van der Waals surface area (Å²) in [7, 11) is 0. The summed E-state index contributed by atoms with van der Waals surface area (Å²) in [4.78, 5) is 37.7. The first-order valence-corrected chi connectivity index (χ1v) is 11.2. The van der Waals surface area contributed by atoms with E-state index in [1.165, 1.54) is 16.8 Å². The Hall–Kier alpha value is -3.13. The number of carbonyl (C=O) groups is 3. The van der Waals surface area contributed by atoms with Crippen molar-refractivity contribution in [3.05, 3.63) is 54.6 Å². The summed E-state index contributed by atoms with van der Waals surface area (Å²) in [5, 5.41) is 10.8. The van der Waals surface area contributed by atoms with E-state index in [0.717, 1.165) is 17.7 Å². The molecule has 7 nitrogen and oxygen atoms in total. The summed E-state index contributed by atoms with van der Waals surface area (Å²) >= 11 is 1.38. The van der Waals surface area contributed by atoms with Gasteiger partial charge < -0.3 is 10.6 Å². The van der Waals surface area contributed by atoms with Gasteiger partial charge in [-0.05, 0) is 43.7 Å². The zero-order chi connectivity index (χ0) is 22.2. The third-order valence-corrected chi connectivity index (χ3v) is 5.69. The average Bonchev–Trinajstić information content (AvgIpc) is 3.13. The van der Waals surface area contributed by atoms with Crippen molar-refractivity contribution in [3.63, 3.8) is 0 Å². The van der Waals surface area contributed by atoms with E-state index in [9.17, 15) is 14.4 Å². The fourth-order valence-corrected chi connectivity index (χ4v) is 3.91. The van der Waals surface area contributed by atoms with Gasteiger partial charge in [0.25, 0.3) is 5.91 Å². The van der Waals surface area contributed by atoms with Crippen LogP contribution in [0.2, 0.25) is 0 Å². The molecule has 2 N–H and O–H groups in total. The molecule has 162 valence electrons. The molecule has 1 unspecified atom stereocenters. The Bertz CT molecular complexity index is 978. The molecule has 0 aromatic heterocycles. The van der Waals surface area contributed by atoms with Gasteiger partial charge in [-0.25, -0.2) is 0 Å². The average molecular weight is 439 g/mol. The largest absolute Gasteiger partial charge is 0.326 e. The molecular formula is C23H26N4O3S. The van der Waals surface area contributed by atoms with Gasteiger partial charge in [0.05, 0.1) is 17.4 Å². The molecule has 0 aliphatic carbocycles. The molecule has 0 saturated carbocycles. The molecule has 31 heavy (non-hydrogen) atoms. The van der Waals surface area contributed by atoms with E-state index in [2.05, 4.69) is 15.7 Å². The van der Waals surface area contributed by atoms with E-state index in [1.807, 2.05) is 49.4 Å². The van der Waals surface area contributed by atoms with Crippen LogP contribution in [0.4, 0.5) is 11.4 Å². The predicted octanol–water partition coefficient (Wildman–Crippen LogP) is 4.16. The highest BCUT2D eigenvalue weighted by Crippen LogP contribution is 2.26. The Morgan fingerprint density at radius 1 is 1.13 bits per heavy atom. The van der Waals surface area contributed by atoms with Gasteiger partial charge in [-0.15, -0.1) is 11.8 Å². The zero-order valence-corrected chi connectivity index (χ0v) is 18.4. The molecule has 0 saturated heterocycles. The SMILES string of the molecule is CCCCC(=O)Nc1cccc(SC(C)C(=O)NC2=NN(c3ccccc3)C(=O)C2)c1. The number of carbonyl (C=O) groups excluding carboxylic acids is 3. The Morgan fingerprint density at radius 3 is 2.65 bits per heavy atom. The van der Waals surface area contributed by atoms with Gasteiger partial charge in [-0.2, -0.15) is 10.1 Å². The van der Waals surface area contributed by atoms with Gasteiger partial charge in [-0.3, -0.25) is 14.4 Å². The lowest BCUT2D eigenvalue weighted by Crippen LogP contribution is -2.35. The Kier molecular flexibility index (Phi) is 7.83. The van der Waals surface area contributed by atoms with Crippen LogP contribution in [-0.4, -0.2) is 28.8 Å². The number of unbranched alkanes of at least 4 members (excludes halogenated alkanes) is 1. The Morgan fingerprint density at radius 2 is 1.90 bits per heavy atom. The molecule has 2 aromatic rings.